The predicted molar refractivity (Wildman–Crippen MR) is 77.5 cm³/mol. The zero-order valence-corrected chi connectivity index (χ0v) is 12.0. The van der Waals surface area contributed by atoms with Gasteiger partial charge < -0.3 is 14.8 Å². The summed E-state index contributed by atoms with van der Waals surface area (Å²) in [4.78, 5) is 12.1. The molecule has 110 valence electrons. The second kappa shape index (κ2) is 5.47. The number of amides is 1. The van der Waals surface area contributed by atoms with Crippen molar-refractivity contribution < 1.29 is 14.3 Å². The molecule has 0 aliphatic carbocycles. The van der Waals surface area contributed by atoms with Crippen LogP contribution in [0.1, 0.15) is 25.1 Å². The van der Waals surface area contributed by atoms with Crippen LogP contribution in [0, 0.1) is 6.92 Å². The Morgan fingerprint density at radius 3 is 2.95 bits per heavy atom. The highest BCUT2D eigenvalue weighted by Crippen LogP contribution is 2.34. The van der Waals surface area contributed by atoms with Crippen LogP contribution in [-0.4, -0.2) is 22.5 Å². The van der Waals surface area contributed by atoms with Crippen molar-refractivity contribution in [3.63, 3.8) is 0 Å². The quantitative estimate of drug-likeness (QED) is 0.938. The molecule has 0 bridgehead atoms. The Balaban J connectivity index is 1.61. The number of benzene rings is 1. The number of aryl methyl sites for hydroxylation is 1. The molecule has 3 rings (SSSR count). The van der Waals surface area contributed by atoms with Gasteiger partial charge in [-0.25, -0.2) is 0 Å². The van der Waals surface area contributed by atoms with Crippen LogP contribution in [0.2, 0.25) is 0 Å². The van der Waals surface area contributed by atoms with E-state index in [2.05, 4.69) is 10.4 Å². The molecule has 0 saturated heterocycles. The summed E-state index contributed by atoms with van der Waals surface area (Å²) < 4.78 is 12.3. The van der Waals surface area contributed by atoms with Crippen molar-refractivity contribution in [3.05, 3.63) is 36.2 Å². The van der Waals surface area contributed by atoms with Crippen molar-refractivity contribution in [2.24, 2.45) is 0 Å². The summed E-state index contributed by atoms with van der Waals surface area (Å²) in [6.07, 6.45) is 2.24. The third-order valence-corrected chi connectivity index (χ3v) is 3.33. The maximum absolute atomic E-state index is 12.1. The molecule has 0 fully saturated rings. The number of rotatable bonds is 4. The van der Waals surface area contributed by atoms with Gasteiger partial charge >= 0.3 is 0 Å². The summed E-state index contributed by atoms with van der Waals surface area (Å²) in [5.41, 5.74) is 1.64. The van der Waals surface area contributed by atoms with Gasteiger partial charge in [-0.3, -0.25) is 9.48 Å². The third kappa shape index (κ3) is 2.99. The van der Waals surface area contributed by atoms with Gasteiger partial charge in [-0.1, -0.05) is 0 Å². The molecule has 6 nitrogen and oxygen atoms in total. The van der Waals surface area contributed by atoms with E-state index in [1.807, 2.05) is 26.1 Å². The van der Waals surface area contributed by atoms with E-state index in [0.717, 1.165) is 5.69 Å². The summed E-state index contributed by atoms with van der Waals surface area (Å²) >= 11 is 0. The van der Waals surface area contributed by atoms with Gasteiger partial charge in [0.15, 0.2) is 11.5 Å². The van der Waals surface area contributed by atoms with Gasteiger partial charge in [0.1, 0.15) is 0 Å². The number of ether oxygens (including phenoxy) is 2. The van der Waals surface area contributed by atoms with E-state index in [4.69, 9.17) is 9.47 Å². The summed E-state index contributed by atoms with van der Waals surface area (Å²) in [5, 5.41) is 7.18. The topological polar surface area (TPSA) is 65.4 Å². The number of nitrogens with one attached hydrogen (secondary N) is 1. The Kier molecular flexibility index (Phi) is 3.51. The van der Waals surface area contributed by atoms with Gasteiger partial charge in [-0.2, -0.15) is 5.10 Å². The fraction of sp³-hybridized carbons (Fsp3) is 0.333. The highest BCUT2D eigenvalue weighted by atomic mass is 16.7. The molecule has 0 saturated carbocycles. The van der Waals surface area contributed by atoms with Gasteiger partial charge in [0.25, 0.3) is 0 Å². The van der Waals surface area contributed by atoms with E-state index >= 15 is 0 Å². The average molecular weight is 287 g/mol. The second-order valence-electron chi connectivity index (χ2n) is 5.11. The number of hydrogen-bond acceptors (Lipinski definition) is 4. The van der Waals surface area contributed by atoms with Crippen LogP contribution < -0.4 is 14.8 Å². The van der Waals surface area contributed by atoms with Crippen LogP contribution >= 0.6 is 0 Å². The van der Waals surface area contributed by atoms with Crippen molar-refractivity contribution in [1.82, 2.24) is 9.78 Å². The number of carbonyl (C=O) groups excluding carboxylic acids is 1. The van der Waals surface area contributed by atoms with E-state index < -0.39 is 0 Å². The van der Waals surface area contributed by atoms with E-state index in [-0.39, 0.29) is 18.7 Å². The first-order valence-corrected chi connectivity index (χ1v) is 6.83. The monoisotopic (exact) mass is 287 g/mol. The second-order valence-corrected chi connectivity index (χ2v) is 5.11. The van der Waals surface area contributed by atoms with Crippen LogP contribution in [0.3, 0.4) is 0 Å². The van der Waals surface area contributed by atoms with E-state index in [1.54, 1.807) is 22.9 Å². The first kappa shape index (κ1) is 13.5. The highest BCUT2D eigenvalue weighted by Gasteiger charge is 2.15. The van der Waals surface area contributed by atoms with E-state index in [1.165, 1.54) is 0 Å². The molecule has 21 heavy (non-hydrogen) atoms. The fourth-order valence-corrected chi connectivity index (χ4v) is 2.23. The molecule has 1 aliphatic heterocycles. The Labute approximate surface area is 122 Å². The maximum Gasteiger partial charge on any atom is 0.231 e. The van der Waals surface area contributed by atoms with Gasteiger partial charge in [-0.15, -0.1) is 0 Å². The lowest BCUT2D eigenvalue weighted by atomic mass is 10.2. The first-order chi connectivity index (χ1) is 10.1. The molecular formula is C15H17N3O3. The molecule has 2 aromatic rings. The Hall–Kier alpha value is -2.50. The molecule has 1 amide bonds. The average Bonchev–Trinajstić information content (AvgIpc) is 3.06. The highest BCUT2D eigenvalue weighted by molar-refractivity contribution is 5.91. The maximum atomic E-state index is 12.1. The van der Waals surface area contributed by atoms with Crippen molar-refractivity contribution in [3.8, 4) is 11.5 Å². The SMILES string of the molecule is Cc1ccn([C@@H](C)CC(=O)Nc2ccc3c(c2)OCO3)n1. The lowest BCUT2D eigenvalue weighted by Crippen LogP contribution is -2.18. The number of anilines is 1. The molecule has 1 N–H and O–H groups in total. The summed E-state index contributed by atoms with van der Waals surface area (Å²) in [5.74, 6) is 1.30. The smallest absolute Gasteiger partial charge is 0.231 e. The minimum Gasteiger partial charge on any atom is -0.454 e. The van der Waals surface area contributed by atoms with Crippen LogP contribution in [0.4, 0.5) is 5.69 Å². The zero-order valence-electron chi connectivity index (χ0n) is 12.0. The van der Waals surface area contributed by atoms with Crippen molar-refractivity contribution in [1.29, 1.82) is 0 Å². The van der Waals surface area contributed by atoms with E-state index in [9.17, 15) is 4.79 Å². The van der Waals surface area contributed by atoms with Crippen molar-refractivity contribution in [2.75, 3.05) is 12.1 Å². The molecule has 1 aliphatic rings. The Morgan fingerprint density at radius 1 is 1.38 bits per heavy atom. The van der Waals surface area contributed by atoms with Crippen molar-refractivity contribution in [2.45, 2.75) is 26.3 Å². The van der Waals surface area contributed by atoms with Gasteiger partial charge in [0, 0.05) is 24.4 Å². The van der Waals surface area contributed by atoms with Gasteiger partial charge in [-0.05, 0) is 32.0 Å². The lowest BCUT2D eigenvalue weighted by Gasteiger charge is -2.12. The predicted octanol–water partition coefficient (Wildman–Crippen LogP) is 2.51. The first-order valence-electron chi connectivity index (χ1n) is 6.83. The molecule has 0 radical (unpaired) electrons. The molecule has 1 aromatic carbocycles. The largest absolute Gasteiger partial charge is 0.454 e. The molecule has 0 unspecified atom stereocenters. The number of carbonyl (C=O) groups is 1. The molecule has 2 heterocycles. The third-order valence-electron chi connectivity index (χ3n) is 3.33. The molecule has 6 heteroatoms. The van der Waals surface area contributed by atoms with Gasteiger partial charge in [0.2, 0.25) is 12.7 Å². The number of fused-ring (bicyclic) bond motifs is 1. The zero-order chi connectivity index (χ0) is 14.8. The minimum atomic E-state index is -0.0606. The molecule has 0 spiro atoms. The van der Waals surface area contributed by atoms with Gasteiger partial charge in [0.05, 0.1) is 11.7 Å². The molecule has 1 aromatic heterocycles. The summed E-state index contributed by atoms with van der Waals surface area (Å²) in [6, 6.07) is 7.29. The van der Waals surface area contributed by atoms with Crippen LogP contribution in [0.15, 0.2) is 30.5 Å². The van der Waals surface area contributed by atoms with Crippen LogP contribution in [0.5, 0.6) is 11.5 Å². The summed E-state index contributed by atoms with van der Waals surface area (Å²) in [6.45, 7) is 4.12. The van der Waals surface area contributed by atoms with E-state index in [0.29, 0.717) is 23.6 Å². The number of nitrogens with zero attached hydrogens (tertiary/aromatic N) is 2. The minimum absolute atomic E-state index is 0.00714. The van der Waals surface area contributed by atoms with Crippen molar-refractivity contribution >= 4 is 11.6 Å². The number of aromatic nitrogens is 2. The van der Waals surface area contributed by atoms with Crippen LogP contribution in [0.25, 0.3) is 0 Å². The number of hydrogen-bond donors (Lipinski definition) is 1. The normalized spacial score (nSPS) is 14.0. The lowest BCUT2D eigenvalue weighted by molar-refractivity contribution is -0.116. The Bertz CT molecular complexity index is 666. The summed E-state index contributed by atoms with van der Waals surface area (Å²) in [7, 11) is 0. The molecule has 1 atom stereocenters. The molecular weight excluding hydrogens is 270 g/mol. The van der Waals surface area contributed by atoms with Crippen LogP contribution in [-0.2, 0) is 4.79 Å². The standard InChI is InChI=1S/C15H17N3O3/c1-10-5-6-18(17-10)11(2)7-15(19)16-12-3-4-13-14(8-12)21-9-20-13/h3-6,8,11H,7,9H2,1-2H3,(H,16,19)/t11-/m0/s1. The Morgan fingerprint density at radius 2 is 2.19 bits per heavy atom. The fourth-order valence-electron chi connectivity index (χ4n) is 2.23.